The predicted octanol–water partition coefficient (Wildman–Crippen LogP) is 3.84. The Kier molecular flexibility index (Phi) is 4.20. The van der Waals surface area contributed by atoms with Crippen molar-refractivity contribution < 1.29 is 8.42 Å². The van der Waals surface area contributed by atoms with E-state index in [1.54, 1.807) is 0 Å². The standard InChI is InChI=1S/C11H7Cl3N2O2S/c12-8-1-2-9(11(14)10(8)13)19(17,18)16-7-3-5-15-6-4-7/h1-6H,(H,15,16). The van der Waals surface area contributed by atoms with Crippen LogP contribution in [-0.2, 0) is 10.0 Å². The maximum absolute atomic E-state index is 12.2. The van der Waals surface area contributed by atoms with E-state index in [1.165, 1.54) is 36.7 Å². The van der Waals surface area contributed by atoms with Crippen LogP contribution in [0, 0.1) is 0 Å². The van der Waals surface area contributed by atoms with Crippen LogP contribution in [0.3, 0.4) is 0 Å². The molecule has 19 heavy (non-hydrogen) atoms. The molecule has 4 nitrogen and oxygen atoms in total. The number of sulfonamides is 1. The molecule has 0 bridgehead atoms. The summed E-state index contributed by atoms with van der Waals surface area (Å²) in [5, 5.41) is 0.0752. The Balaban J connectivity index is 2.44. The van der Waals surface area contributed by atoms with Gasteiger partial charge in [0.1, 0.15) is 4.90 Å². The lowest BCUT2D eigenvalue weighted by Gasteiger charge is -2.10. The van der Waals surface area contributed by atoms with E-state index in [-0.39, 0.29) is 20.0 Å². The third-order valence-electron chi connectivity index (χ3n) is 2.22. The molecular weight excluding hydrogens is 331 g/mol. The Morgan fingerprint density at radius 1 is 0.947 bits per heavy atom. The molecule has 2 aromatic rings. The van der Waals surface area contributed by atoms with Crippen molar-refractivity contribution in [3.05, 3.63) is 51.7 Å². The zero-order chi connectivity index (χ0) is 14.0. The van der Waals surface area contributed by atoms with E-state index in [4.69, 9.17) is 34.8 Å². The zero-order valence-corrected chi connectivity index (χ0v) is 12.4. The first-order valence-electron chi connectivity index (χ1n) is 4.98. The van der Waals surface area contributed by atoms with Crippen molar-refractivity contribution in [1.29, 1.82) is 0 Å². The van der Waals surface area contributed by atoms with Crippen molar-refractivity contribution in [3.63, 3.8) is 0 Å². The van der Waals surface area contributed by atoms with Gasteiger partial charge in [-0.15, -0.1) is 0 Å². The second-order valence-corrected chi connectivity index (χ2v) is 6.33. The molecule has 0 aliphatic carbocycles. The number of anilines is 1. The number of nitrogens with one attached hydrogen (secondary N) is 1. The van der Waals surface area contributed by atoms with Crippen molar-refractivity contribution in [2.24, 2.45) is 0 Å². The summed E-state index contributed by atoms with van der Waals surface area (Å²) in [6.45, 7) is 0. The summed E-state index contributed by atoms with van der Waals surface area (Å²) in [6.07, 6.45) is 2.93. The Labute approximate surface area is 125 Å². The number of nitrogens with zero attached hydrogens (tertiary/aromatic N) is 1. The van der Waals surface area contributed by atoms with E-state index in [0.29, 0.717) is 5.69 Å². The molecule has 1 heterocycles. The Morgan fingerprint density at radius 2 is 1.58 bits per heavy atom. The molecule has 0 amide bonds. The van der Waals surface area contributed by atoms with E-state index < -0.39 is 10.0 Å². The molecule has 2 rings (SSSR count). The monoisotopic (exact) mass is 336 g/mol. The topological polar surface area (TPSA) is 59.1 Å². The van der Waals surface area contributed by atoms with Gasteiger partial charge in [-0.3, -0.25) is 9.71 Å². The number of halogens is 3. The van der Waals surface area contributed by atoms with Crippen molar-refractivity contribution in [1.82, 2.24) is 4.98 Å². The van der Waals surface area contributed by atoms with E-state index in [1.807, 2.05) is 0 Å². The third-order valence-corrected chi connectivity index (χ3v) is 5.05. The lowest BCUT2D eigenvalue weighted by molar-refractivity contribution is 0.601. The smallest absolute Gasteiger partial charge is 0.263 e. The average molecular weight is 338 g/mol. The van der Waals surface area contributed by atoms with Crippen LogP contribution in [0.5, 0.6) is 0 Å². The zero-order valence-electron chi connectivity index (χ0n) is 9.27. The summed E-state index contributed by atoms with van der Waals surface area (Å²) < 4.78 is 26.7. The lowest BCUT2D eigenvalue weighted by atomic mass is 10.4. The molecule has 0 radical (unpaired) electrons. The fraction of sp³-hybridized carbons (Fsp3) is 0. The normalized spacial score (nSPS) is 11.3. The fourth-order valence-corrected chi connectivity index (χ4v) is 3.38. The van der Waals surface area contributed by atoms with Crippen molar-refractivity contribution in [2.45, 2.75) is 4.90 Å². The van der Waals surface area contributed by atoms with E-state index in [9.17, 15) is 8.42 Å². The fourth-order valence-electron chi connectivity index (χ4n) is 1.35. The lowest BCUT2D eigenvalue weighted by Crippen LogP contribution is -2.13. The van der Waals surface area contributed by atoms with Crippen LogP contribution in [0.1, 0.15) is 0 Å². The highest BCUT2D eigenvalue weighted by Gasteiger charge is 2.21. The summed E-state index contributed by atoms with van der Waals surface area (Å²) in [4.78, 5) is 3.65. The SMILES string of the molecule is O=S(=O)(Nc1ccncc1)c1ccc(Cl)c(Cl)c1Cl. The van der Waals surface area contributed by atoms with Gasteiger partial charge in [0.15, 0.2) is 0 Å². The molecule has 8 heteroatoms. The van der Waals surface area contributed by atoms with Gasteiger partial charge in [0.2, 0.25) is 0 Å². The van der Waals surface area contributed by atoms with Crippen LogP contribution in [-0.4, -0.2) is 13.4 Å². The molecule has 0 saturated carbocycles. The molecule has 1 N–H and O–H groups in total. The highest BCUT2D eigenvalue weighted by molar-refractivity contribution is 7.92. The molecule has 0 aliphatic heterocycles. The molecule has 1 aromatic heterocycles. The molecule has 100 valence electrons. The highest BCUT2D eigenvalue weighted by atomic mass is 35.5. The van der Waals surface area contributed by atoms with Crippen LogP contribution in [0.2, 0.25) is 15.1 Å². The Morgan fingerprint density at radius 3 is 2.21 bits per heavy atom. The van der Waals surface area contributed by atoms with Gasteiger partial charge in [-0.05, 0) is 24.3 Å². The largest absolute Gasteiger partial charge is 0.279 e. The van der Waals surface area contributed by atoms with Crippen LogP contribution in [0.25, 0.3) is 0 Å². The second-order valence-electron chi connectivity index (χ2n) is 3.51. The molecule has 0 aliphatic rings. The van der Waals surface area contributed by atoms with Gasteiger partial charge in [0.25, 0.3) is 10.0 Å². The minimum atomic E-state index is -3.84. The van der Waals surface area contributed by atoms with E-state index in [0.717, 1.165) is 0 Å². The first-order chi connectivity index (χ1) is 8.92. The average Bonchev–Trinajstić information content (AvgIpc) is 2.36. The van der Waals surface area contributed by atoms with Crippen LogP contribution in [0.4, 0.5) is 5.69 Å². The van der Waals surface area contributed by atoms with Gasteiger partial charge in [-0.1, -0.05) is 34.8 Å². The van der Waals surface area contributed by atoms with Gasteiger partial charge in [0, 0.05) is 12.4 Å². The minimum Gasteiger partial charge on any atom is -0.279 e. The Hall–Kier alpha value is -1.01. The number of pyridine rings is 1. The predicted molar refractivity (Wildman–Crippen MR) is 76.5 cm³/mol. The van der Waals surface area contributed by atoms with Crippen LogP contribution in [0.15, 0.2) is 41.6 Å². The highest BCUT2D eigenvalue weighted by Crippen LogP contribution is 2.35. The first kappa shape index (κ1) is 14.4. The molecular formula is C11H7Cl3N2O2S. The van der Waals surface area contributed by atoms with Crippen LogP contribution < -0.4 is 4.72 Å². The number of hydrogen-bond donors (Lipinski definition) is 1. The minimum absolute atomic E-state index is 0.000867. The molecule has 0 atom stereocenters. The number of rotatable bonds is 3. The van der Waals surface area contributed by atoms with Gasteiger partial charge < -0.3 is 0 Å². The molecule has 0 unspecified atom stereocenters. The van der Waals surface area contributed by atoms with E-state index in [2.05, 4.69) is 9.71 Å². The van der Waals surface area contributed by atoms with Crippen LogP contribution >= 0.6 is 34.8 Å². The third kappa shape index (κ3) is 3.12. The summed E-state index contributed by atoms with van der Waals surface area (Å²) in [7, 11) is -3.84. The van der Waals surface area contributed by atoms with E-state index >= 15 is 0 Å². The number of aromatic nitrogens is 1. The first-order valence-corrected chi connectivity index (χ1v) is 7.60. The van der Waals surface area contributed by atoms with Crippen molar-refractivity contribution >= 4 is 50.5 Å². The van der Waals surface area contributed by atoms with Gasteiger partial charge in [-0.2, -0.15) is 0 Å². The number of hydrogen-bond acceptors (Lipinski definition) is 3. The van der Waals surface area contributed by atoms with Gasteiger partial charge >= 0.3 is 0 Å². The van der Waals surface area contributed by atoms with Gasteiger partial charge in [0.05, 0.1) is 20.8 Å². The Bertz CT molecular complexity index is 705. The summed E-state index contributed by atoms with van der Waals surface area (Å²) in [5.74, 6) is 0. The van der Waals surface area contributed by atoms with Gasteiger partial charge in [-0.25, -0.2) is 8.42 Å². The quantitative estimate of drug-likeness (QED) is 0.866. The van der Waals surface area contributed by atoms with Crippen molar-refractivity contribution in [3.8, 4) is 0 Å². The summed E-state index contributed by atoms with van der Waals surface area (Å²) in [5.41, 5.74) is 0.372. The van der Waals surface area contributed by atoms with Crippen molar-refractivity contribution in [2.75, 3.05) is 4.72 Å². The number of benzene rings is 1. The maximum Gasteiger partial charge on any atom is 0.263 e. The summed E-state index contributed by atoms with van der Waals surface area (Å²) >= 11 is 17.5. The second kappa shape index (κ2) is 5.54. The molecule has 0 spiro atoms. The molecule has 0 saturated heterocycles. The molecule has 1 aromatic carbocycles. The maximum atomic E-state index is 12.2. The molecule has 0 fully saturated rings. The summed E-state index contributed by atoms with van der Waals surface area (Å²) in [6, 6.07) is 5.70.